The molecule has 1 aromatic rings. The third kappa shape index (κ3) is 1.82. The molecule has 3 saturated carbocycles. The van der Waals surface area contributed by atoms with Crippen LogP contribution in [0.1, 0.15) is 57.9 Å². The van der Waals surface area contributed by atoms with Gasteiger partial charge in [-0.1, -0.05) is 44.0 Å². The molecule has 1 heterocycles. The molecule has 29 heavy (non-hydrogen) atoms. The van der Waals surface area contributed by atoms with Crippen molar-refractivity contribution >= 4 is 12.3 Å². The number of rotatable bonds is 5. The molecular formula is C23H29NO5. The maximum atomic E-state index is 13.3. The van der Waals surface area contributed by atoms with E-state index in [9.17, 15) is 19.8 Å². The molecule has 6 nitrogen and oxygen atoms in total. The highest BCUT2D eigenvalue weighted by atomic mass is 16.5. The number of nitrogens with zero attached hydrogens (tertiary/aromatic N) is 1. The third-order valence-electron chi connectivity index (χ3n) is 9.10. The second kappa shape index (κ2) is 5.81. The second-order valence-corrected chi connectivity index (χ2v) is 10.1. The lowest BCUT2D eigenvalue weighted by molar-refractivity contribution is -0.172. The van der Waals surface area contributed by atoms with E-state index in [1.807, 2.05) is 13.8 Å². The van der Waals surface area contributed by atoms with Gasteiger partial charge in [-0.05, 0) is 48.9 Å². The molecular weight excluding hydrogens is 370 g/mol. The Morgan fingerprint density at radius 3 is 2.72 bits per heavy atom. The number of aromatic nitrogens is 1. The minimum Gasteiger partial charge on any atom is -0.481 e. The first-order chi connectivity index (χ1) is 13.8. The first-order valence-electron chi connectivity index (χ1n) is 10.8. The average Bonchev–Trinajstić information content (AvgIpc) is 3.41. The summed E-state index contributed by atoms with van der Waals surface area (Å²) in [5, 5.41) is 24.7. The van der Waals surface area contributed by atoms with Crippen LogP contribution in [0.4, 0.5) is 0 Å². The fourth-order valence-electron chi connectivity index (χ4n) is 8.26. The molecule has 0 aliphatic heterocycles. The molecule has 5 rings (SSSR count). The van der Waals surface area contributed by atoms with Crippen molar-refractivity contribution in [1.29, 1.82) is 0 Å². The lowest BCUT2D eigenvalue weighted by Gasteiger charge is -2.57. The topological polar surface area (TPSA) is 101 Å². The molecule has 4 aliphatic carbocycles. The monoisotopic (exact) mass is 399 g/mol. The van der Waals surface area contributed by atoms with Crippen LogP contribution in [0, 0.1) is 40.4 Å². The summed E-state index contributed by atoms with van der Waals surface area (Å²) in [6.07, 6.45) is 6.35. The van der Waals surface area contributed by atoms with Crippen molar-refractivity contribution in [1.82, 2.24) is 5.16 Å². The van der Waals surface area contributed by atoms with E-state index in [1.54, 1.807) is 6.07 Å². The van der Waals surface area contributed by atoms with Crippen LogP contribution >= 0.6 is 0 Å². The highest BCUT2D eigenvalue weighted by molar-refractivity contribution is 5.92. The molecule has 1 aromatic heterocycles. The number of hydrogen-bond acceptors (Lipinski definition) is 5. The largest absolute Gasteiger partial charge is 0.481 e. The quantitative estimate of drug-likeness (QED) is 0.582. The van der Waals surface area contributed by atoms with E-state index >= 15 is 0 Å². The SMILES string of the molecule is CC(C)C1=C[C@@H]2C[C@]3(C=O)[C@@H]4CC[C@@H](C)[C@H]4C[C@@]2(c2cc(CO)on2)[C@]13C(=O)O. The number of carboxylic acid groups (broad SMARTS) is 1. The summed E-state index contributed by atoms with van der Waals surface area (Å²) in [6.45, 7) is 6.00. The van der Waals surface area contributed by atoms with Crippen LogP contribution in [0.2, 0.25) is 0 Å². The maximum absolute atomic E-state index is 13.3. The smallest absolute Gasteiger partial charge is 0.315 e. The average molecular weight is 399 g/mol. The lowest BCUT2D eigenvalue weighted by Crippen LogP contribution is -2.64. The molecule has 2 N–H and O–H groups in total. The van der Waals surface area contributed by atoms with Crippen molar-refractivity contribution in [3.05, 3.63) is 29.2 Å². The fraction of sp³-hybridized carbons (Fsp3) is 0.696. The van der Waals surface area contributed by atoms with E-state index in [4.69, 9.17) is 4.52 Å². The minimum atomic E-state index is -1.30. The summed E-state index contributed by atoms with van der Waals surface area (Å²) in [4.78, 5) is 26.2. The first-order valence-corrected chi connectivity index (χ1v) is 10.8. The van der Waals surface area contributed by atoms with E-state index in [1.165, 1.54) is 0 Å². The highest BCUT2D eigenvalue weighted by Gasteiger charge is 2.85. The van der Waals surface area contributed by atoms with Gasteiger partial charge in [-0.3, -0.25) is 4.79 Å². The van der Waals surface area contributed by atoms with Gasteiger partial charge in [0.2, 0.25) is 0 Å². The highest BCUT2D eigenvalue weighted by Crippen LogP contribution is 2.82. The molecule has 0 radical (unpaired) electrons. The summed E-state index contributed by atoms with van der Waals surface area (Å²) < 4.78 is 5.36. The van der Waals surface area contributed by atoms with Gasteiger partial charge < -0.3 is 19.5 Å². The van der Waals surface area contributed by atoms with Gasteiger partial charge in [-0.2, -0.15) is 0 Å². The molecule has 4 aliphatic rings. The number of aliphatic hydroxyl groups excluding tert-OH is 1. The van der Waals surface area contributed by atoms with Crippen LogP contribution in [0.15, 0.2) is 22.2 Å². The van der Waals surface area contributed by atoms with Crippen molar-refractivity contribution in [3.8, 4) is 0 Å². The Morgan fingerprint density at radius 1 is 1.38 bits per heavy atom. The maximum Gasteiger partial charge on any atom is 0.315 e. The standard InChI is InChI=1S/C23H29NO5/c1-12(2)18-6-14-8-21(11-26)17-5-4-13(3)16(17)9-22(14,23(18,21)20(27)28)19-7-15(10-25)29-24-19/h6-7,11-14,16-17,25H,4-5,8-10H2,1-3H3,(H,27,28)/t13-,14-,16-,17-,21+,22-,23+/m1/s1. The van der Waals surface area contributed by atoms with Gasteiger partial charge >= 0.3 is 5.97 Å². The van der Waals surface area contributed by atoms with Gasteiger partial charge in [-0.15, -0.1) is 0 Å². The Hall–Kier alpha value is -1.95. The van der Waals surface area contributed by atoms with Crippen molar-refractivity contribution in [2.75, 3.05) is 0 Å². The van der Waals surface area contributed by atoms with Gasteiger partial charge in [0.05, 0.1) is 11.1 Å². The van der Waals surface area contributed by atoms with Crippen LogP contribution in [0.25, 0.3) is 0 Å². The van der Waals surface area contributed by atoms with Gasteiger partial charge in [0.25, 0.3) is 0 Å². The summed E-state index contributed by atoms with van der Waals surface area (Å²) in [6, 6.07) is 1.72. The summed E-state index contributed by atoms with van der Waals surface area (Å²) in [5.74, 6) is 0.240. The number of carbonyl (C=O) groups is 2. The number of carboxylic acids is 1. The minimum absolute atomic E-state index is 0.0229. The van der Waals surface area contributed by atoms with Crippen molar-refractivity contribution in [2.45, 2.75) is 58.5 Å². The lowest BCUT2D eigenvalue weighted by atomic mass is 9.42. The van der Waals surface area contributed by atoms with Gasteiger partial charge in [-0.25, -0.2) is 0 Å². The predicted molar refractivity (Wildman–Crippen MR) is 104 cm³/mol. The predicted octanol–water partition coefficient (Wildman–Crippen LogP) is 3.34. The fourth-order valence-corrected chi connectivity index (χ4v) is 8.26. The molecule has 6 heteroatoms. The summed E-state index contributed by atoms with van der Waals surface area (Å²) >= 11 is 0. The molecule has 0 unspecified atom stereocenters. The van der Waals surface area contributed by atoms with Gasteiger partial charge in [0, 0.05) is 11.5 Å². The van der Waals surface area contributed by atoms with E-state index in [0.29, 0.717) is 36.1 Å². The Kier molecular flexibility index (Phi) is 3.81. The number of allylic oxidation sites excluding steroid dienone is 1. The zero-order chi connectivity index (χ0) is 20.8. The summed E-state index contributed by atoms with van der Waals surface area (Å²) in [7, 11) is 0. The molecule has 156 valence electrons. The van der Waals surface area contributed by atoms with Crippen LogP contribution in [-0.4, -0.2) is 27.6 Å². The van der Waals surface area contributed by atoms with Crippen molar-refractivity contribution in [2.24, 2.45) is 40.4 Å². The zero-order valence-corrected chi connectivity index (χ0v) is 17.2. The second-order valence-electron chi connectivity index (χ2n) is 10.1. The Labute approximate surface area is 170 Å². The van der Waals surface area contributed by atoms with Gasteiger partial charge in [0.1, 0.15) is 18.3 Å². The Morgan fingerprint density at radius 2 is 2.14 bits per heavy atom. The van der Waals surface area contributed by atoms with Crippen LogP contribution in [-0.2, 0) is 21.6 Å². The molecule has 0 amide bonds. The Bertz CT molecular complexity index is 918. The molecule has 4 bridgehead atoms. The third-order valence-corrected chi connectivity index (χ3v) is 9.10. The van der Waals surface area contributed by atoms with Gasteiger partial charge in [0.15, 0.2) is 5.76 Å². The number of aliphatic hydroxyl groups is 1. The van der Waals surface area contributed by atoms with E-state index < -0.39 is 22.2 Å². The number of fused-ring (bicyclic) bond motifs is 2. The van der Waals surface area contributed by atoms with E-state index in [0.717, 1.165) is 24.7 Å². The molecule has 3 fully saturated rings. The molecule has 7 atom stereocenters. The van der Waals surface area contributed by atoms with Crippen LogP contribution < -0.4 is 0 Å². The number of carbonyl (C=O) groups excluding carboxylic acids is 1. The van der Waals surface area contributed by atoms with E-state index in [-0.39, 0.29) is 24.4 Å². The van der Waals surface area contributed by atoms with Crippen LogP contribution in [0.3, 0.4) is 0 Å². The van der Waals surface area contributed by atoms with Crippen LogP contribution in [0.5, 0.6) is 0 Å². The molecule has 0 aromatic carbocycles. The Balaban J connectivity index is 1.85. The van der Waals surface area contributed by atoms with Crippen molar-refractivity contribution in [3.63, 3.8) is 0 Å². The normalized spacial score (nSPS) is 44.8. The molecule has 0 spiro atoms. The number of aliphatic carboxylic acids is 1. The zero-order valence-electron chi connectivity index (χ0n) is 17.2. The van der Waals surface area contributed by atoms with E-state index in [2.05, 4.69) is 18.2 Å². The molecule has 0 saturated heterocycles. The number of hydrogen-bond donors (Lipinski definition) is 2. The number of aldehydes is 1. The summed E-state index contributed by atoms with van der Waals surface area (Å²) in [5.41, 5.74) is -1.53. The first kappa shape index (κ1) is 19.0. The van der Waals surface area contributed by atoms with Crippen molar-refractivity contribution < 1.29 is 24.3 Å².